The molecule has 0 radical (unpaired) electrons. The maximum absolute atomic E-state index is 13.8. The molecule has 0 aliphatic rings. The molecule has 2 unspecified atom stereocenters. The summed E-state index contributed by atoms with van der Waals surface area (Å²) in [5, 5.41) is 15.5. The molecule has 212 valence electrons. The SMILES string of the molecule is C#Cc1ccc(C(C(=O)NCCCCC)N(CCCCCCC)C(=O)C(CO)NC(=O)OC(C)(C)C)cc1. The van der Waals surface area contributed by atoms with Gasteiger partial charge in [-0.3, -0.25) is 9.59 Å². The minimum absolute atomic E-state index is 0.291. The van der Waals surface area contributed by atoms with Crippen LogP contribution in [0.1, 0.15) is 103 Å². The maximum Gasteiger partial charge on any atom is 0.408 e. The number of carbonyl (C=O) groups excluding carboxylic acids is 3. The van der Waals surface area contributed by atoms with E-state index in [0.29, 0.717) is 30.6 Å². The fourth-order valence-electron chi connectivity index (χ4n) is 4.01. The lowest BCUT2D eigenvalue weighted by Gasteiger charge is -2.34. The first-order chi connectivity index (χ1) is 18.1. The number of alkyl carbamates (subject to hydrolysis) is 1. The van der Waals surface area contributed by atoms with E-state index in [2.05, 4.69) is 30.4 Å². The van der Waals surface area contributed by atoms with E-state index in [0.717, 1.165) is 44.9 Å². The summed E-state index contributed by atoms with van der Waals surface area (Å²) in [5.41, 5.74) is 0.493. The zero-order chi connectivity index (χ0) is 28.6. The largest absolute Gasteiger partial charge is 0.444 e. The van der Waals surface area contributed by atoms with Gasteiger partial charge in [-0.25, -0.2) is 4.79 Å². The Morgan fingerprint density at radius 3 is 2.16 bits per heavy atom. The number of rotatable bonds is 16. The van der Waals surface area contributed by atoms with Crippen LogP contribution in [0.3, 0.4) is 0 Å². The van der Waals surface area contributed by atoms with Crippen molar-refractivity contribution in [2.75, 3.05) is 19.7 Å². The molecule has 3 amide bonds. The first-order valence-corrected chi connectivity index (χ1v) is 13.8. The number of nitrogens with zero attached hydrogens (tertiary/aromatic N) is 1. The highest BCUT2D eigenvalue weighted by atomic mass is 16.6. The van der Waals surface area contributed by atoms with E-state index in [1.807, 2.05) is 0 Å². The molecule has 0 aliphatic carbocycles. The molecule has 1 aromatic carbocycles. The van der Waals surface area contributed by atoms with Crippen molar-refractivity contribution in [1.29, 1.82) is 0 Å². The summed E-state index contributed by atoms with van der Waals surface area (Å²) in [6, 6.07) is 4.76. The first-order valence-electron chi connectivity index (χ1n) is 13.8. The van der Waals surface area contributed by atoms with Crippen molar-refractivity contribution in [2.45, 2.75) is 104 Å². The van der Waals surface area contributed by atoms with E-state index in [1.165, 1.54) is 4.90 Å². The van der Waals surface area contributed by atoms with Gasteiger partial charge in [0.1, 0.15) is 17.7 Å². The van der Waals surface area contributed by atoms with E-state index < -0.39 is 36.3 Å². The van der Waals surface area contributed by atoms with Crippen molar-refractivity contribution in [3.63, 3.8) is 0 Å². The van der Waals surface area contributed by atoms with Gasteiger partial charge < -0.3 is 25.4 Å². The molecule has 8 nitrogen and oxygen atoms in total. The van der Waals surface area contributed by atoms with E-state index in [-0.39, 0.29) is 5.91 Å². The Labute approximate surface area is 228 Å². The first kappa shape index (κ1) is 33.0. The monoisotopic (exact) mass is 529 g/mol. The molecule has 0 aliphatic heterocycles. The minimum Gasteiger partial charge on any atom is -0.444 e. The third-order valence-corrected chi connectivity index (χ3v) is 5.99. The Morgan fingerprint density at radius 1 is 1.00 bits per heavy atom. The average Bonchev–Trinajstić information content (AvgIpc) is 2.87. The maximum atomic E-state index is 13.8. The third kappa shape index (κ3) is 12.0. The number of nitrogens with one attached hydrogen (secondary N) is 2. The van der Waals surface area contributed by atoms with E-state index in [9.17, 15) is 19.5 Å². The summed E-state index contributed by atoms with van der Waals surface area (Å²) in [4.78, 5) is 41.2. The number of hydrogen-bond donors (Lipinski definition) is 3. The summed E-state index contributed by atoms with van der Waals surface area (Å²) in [5.74, 6) is 1.70. The topological polar surface area (TPSA) is 108 Å². The number of benzene rings is 1. The van der Waals surface area contributed by atoms with Crippen LogP contribution in [0.5, 0.6) is 0 Å². The molecule has 2 atom stereocenters. The summed E-state index contributed by atoms with van der Waals surface area (Å²) >= 11 is 0. The van der Waals surface area contributed by atoms with Gasteiger partial charge in [0.2, 0.25) is 11.8 Å². The van der Waals surface area contributed by atoms with Crippen molar-refractivity contribution in [1.82, 2.24) is 15.5 Å². The molecule has 3 N–H and O–H groups in total. The number of unbranched alkanes of at least 4 members (excludes halogenated alkanes) is 6. The number of aliphatic hydroxyl groups is 1. The lowest BCUT2D eigenvalue weighted by atomic mass is 10.0. The van der Waals surface area contributed by atoms with Crippen LogP contribution in [0.2, 0.25) is 0 Å². The summed E-state index contributed by atoms with van der Waals surface area (Å²) in [6.07, 6.45) is 12.3. The standard InChI is InChI=1S/C30H47N3O5/c1-7-10-12-13-15-21-33(28(36)25(22-34)32-29(37)38-30(4,5)6)26(27(35)31-20-14-11-8-2)24-18-16-23(9-3)17-19-24/h3,16-19,25-26,34H,7-8,10-15,20-22H2,1-2,4-6H3,(H,31,35)(H,32,37). The highest BCUT2D eigenvalue weighted by molar-refractivity contribution is 5.92. The van der Waals surface area contributed by atoms with Crippen LogP contribution < -0.4 is 10.6 Å². The third-order valence-electron chi connectivity index (χ3n) is 5.99. The van der Waals surface area contributed by atoms with Gasteiger partial charge in [0.05, 0.1) is 6.61 Å². The Balaban J connectivity index is 3.34. The molecule has 8 heteroatoms. The van der Waals surface area contributed by atoms with E-state index >= 15 is 0 Å². The quantitative estimate of drug-likeness (QED) is 0.213. The van der Waals surface area contributed by atoms with Crippen LogP contribution in [-0.2, 0) is 14.3 Å². The molecule has 1 aromatic rings. The van der Waals surface area contributed by atoms with Crippen LogP contribution in [0.25, 0.3) is 0 Å². The van der Waals surface area contributed by atoms with Crippen molar-refractivity contribution in [3.8, 4) is 12.3 Å². The van der Waals surface area contributed by atoms with Crippen LogP contribution in [0.4, 0.5) is 4.79 Å². The molecule has 0 heterocycles. The molecular formula is C30H47N3O5. The number of carbonyl (C=O) groups is 3. The van der Waals surface area contributed by atoms with Gasteiger partial charge in [0.15, 0.2) is 0 Å². The summed E-state index contributed by atoms with van der Waals surface area (Å²) in [6.45, 7) is 9.50. The Hall–Kier alpha value is -3.05. The molecule has 0 bridgehead atoms. The molecule has 0 saturated carbocycles. The average molecular weight is 530 g/mol. The lowest BCUT2D eigenvalue weighted by molar-refractivity contribution is -0.143. The second-order valence-electron chi connectivity index (χ2n) is 10.5. The normalized spacial score (nSPS) is 12.7. The van der Waals surface area contributed by atoms with Crippen molar-refractivity contribution in [2.24, 2.45) is 0 Å². The molecule has 1 rings (SSSR count). The lowest BCUT2D eigenvalue weighted by Crippen LogP contribution is -2.54. The predicted octanol–water partition coefficient (Wildman–Crippen LogP) is 4.70. The van der Waals surface area contributed by atoms with Gasteiger partial charge >= 0.3 is 6.09 Å². The number of amides is 3. The highest BCUT2D eigenvalue weighted by Gasteiger charge is 2.35. The fourth-order valence-corrected chi connectivity index (χ4v) is 4.01. The Morgan fingerprint density at radius 2 is 1.61 bits per heavy atom. The second kappa shape index (κ2) is 17.5. The van der Waals surface area contributed by atoms with Crippen molar-refractivity contribution in [3.05, 3.63) is 35.4 Å². The number of terminal acetylenes is 1. The van der Waals surface area contributed by atoms with Crippen LogP contribution in [-0.4, -0.2) is 59.3 Å². The predicted molar refractivity (Wildman–Crippen MR) is 150 cm³/mol. The molecule has 0 aromatic heterocycles. The molecule has 0 saturated heterocycles. The number of hydrogen-bond acceptors (Lipinski definition) is 5. The summed E-state index contributed by atoms with van der Waals surface area (Å²) in [7, 11) is 0. The van der Waals surface area contributed by atoms with Crippen LogP contribution in [0, 0.1) is 12.3 Å². The van der Waals surface area contributed by atoms with Gasteiger partial charge in [0, 0.05) is 18.7 Å². The number of ether oxygens (including phenoxy) is 1. The van der Waals surface area contributed by atoms with Gasteiger partial charge in [-0.15, -0.1) is 6.42 Å². The molecule has 0 fully saturated rings. The zero-order valence-electron chi connectivity index (χ0n) is 23.8. The second-order valence-corrected chi connectivity index (χ2v) is 10.5. The Kier molecular flexibility index (Phi) is 15.2. The van der Waals surface area contributed by atoms with Gasteiger partial charge in [0.25, 0.3) is 0 Å². The minimum atomic E-state index is -1.26. The van der Waals surface area contributed by atoms with Crippen LogP contribution in [0.15, 0.2) is 24.3 Å². The van der Waals surface area contributed by atoms with Gasteiger partial charge in [-0.2, -0.15) is 0 Å². The van der Waals surface area contributed by atoms with Crippen LogP contribution >= 0.6 is 0 Å². The van der Waals surface area contributed by atoms with Gasteiger partial charge in [-0.05, 0) is 51.3 Å². The highest BCUT2D eigenvalue weighted by Crippen LogP contribution is 2.24. The molecule has 38 heavy (non-hydrogen) atoms. The van der Waals surface area contributed by atoms with E-state index in [4.69, 9.17) is 11.2 Å². The smallest absolute Gasteiger partial charge is 0.408 e. The fraction of sp³-hybridized carbons (Fsp3) is 0.633. The van der Waals surface area contributed by atoms with Crippen molar-refractivity contribution < 1.29 is 24.2 Å². The zero-order valence-corrected chi connectivity index (χ0v) is 23.8. The van der Waals surface area contributed by atoms with Gasteiger partial charge in [-0.1, -0.05) is 70.4 Å². The molecular weight excluding hydrogens is 482 g/mol. The molecule has 0 spiro atoms. The number of aliphatic hydroxyl groups excluding tert-OH is 1. The van der Waals surface area contributed by atoms with Crippen molar-refractivity contribution >= 4 is 17.9 Å². The Bertz CT molecular complexity index is 902. The van der Waals surface area contributed by atoms with E-state index in [1.54, 1.807) is 45.0 Å². The summed E-state index contributed by atoms with van der Waals surface area (Å²) < 4.78 is 5.29.